The van der Waals surface area contributed by atoms with E-state index in [1.807, 2.05) is 24.3 Å². The summed E-state index contributed by atoms with van der Waals surface area (Å²) in [5.74, 6) is 0. The van der Waals surface area contributed by atoms with E-state index in [0.29, 0.717) is 6.42 Å². The lowest BCUT2D eigenvalue weighted by molar-refractivity contribution is 0.199. The summed E-state index contributed by atoms with van der Waals surface area (Å²) >= 11 is 0. The molecule has 1 atom stereocenters. The topological polar surface area (TPSA) is 20.2 Å². The van der Waals surface area contributed by atoms with Crippen LogP contribution in [0.4, 0.5) is 4.39 Å². The molecule has 0 radical (unpaired) electrons. The molecule has 0 bridgehead atoms. The molecule has 0 amide bonds. The van der Waals surface area contributed by atoms with Gasteiger partial charge in [0.15, 0.2) is 0 Å². The molecule has 0 fully saturated rings. The Balaban J connectivity index is 2.59. The van der Waals surface area contributed by atoms with E-state index in [1.54, 1.807) is 6.92 Å². The Bertz CT molecular complexity index is 241. The van der Waals surface area contributed by atoms with Gasteiger partial charge in [0.1, 0.15) is 0 Å². The highest BCUT2D eigenvalue weighted by Gasteiger charge is 1.99. The lowest BCUT2D eigenvalue weighted by Gasteiger charge is -2.05. The van der Waals surface area contributed by atoms with Crippen molar-refractivity contribution < 1.29 is 9.50 Å². The van der Waals surface area contributed by atoms with Crippen molar-refractivity contribution in [1.82, 2.24) is 0 Å². The first-order valence-electron chi connectivity index (χ1n) is 4.57. The van der Waals surface area contributed by atoms with Crippen molar-refractivity contribution in [2.45, 2.75) is 25.9 Å². The van der Waals surface area contributed by atoms with E-state index < -0.39 is 6.10 Å². The van der Waals surface area contributed by atoms with Gasteiger partial charge in [-0.15, -0.1) is 0 Å². The fraction of sp³-hybridized carbons (Fsp3) is 0.455. The lowest BCUT2D eigenvalue weighted by atomic mass is 10.1. The quantitative estimate of drug-likeness (QED) is 0.759. The molecule has 1 unspecified atom stereocenters. The standard InChI is InChI=1S/C11H15FO/c1-9(13)11-6-4-10(5-7-11)3-2-8-12/h4-7,9,13H,2-3,8H2,1H3. The second kappa shape index (κ2) is 4.97. The molecule has 0 aliphatic heterocycles. The van der Waals surface area contributed by atoms with Crippen LogP contribution in [0.15, 0.2) is 24.3 Å². The zero-order valence-electron chi connectivity index (χ0n) is 7.83. The zero-order valence-corrected chi connectivity index (χ0v) is 7.83. The van der Waals surface area contributed by atoms with Gasteiger partial charge in [-0.2, -0.15) is 0 Å². The average Bonchev–Trinajstić information content (AvgIpc) is 2.15. The molecule has 13 heavy (non-hydrogen) atoms. The lowest BCUT2D eigenvalue weighted by Crippen LogP contribution is -1.92. The maximum atomic E-state index is 11.8. The second-order valence-corrected chi connectivity index (χ2v) is 3.21. The second-order valence-electron chi connectivity index (χ2n) is 3.21. The van der Waals surface area contributed by atoms with E-state index in [4.69, 9.17) is 0 Å². The van der Waals surface area contributed by atoms with Gasteiger partial charge < -0.3 is 5.11 Å². The zero-order chi connectivity index (χ0) is 9.68. The SMILES string of the molecule is CC(O)c1ccc(CCCF)cc1. The van der Waals surface area contributed by atoms with E-state index >= 15 is 0 Å². The number of aliphatic hydroxyl groups is 1. The van der Waals surface area contributed by atoms with Gasteiger partial charge in [0.05, 0.1) is 12.8 Å². The Labute approximate surface area is 78.2 Å². The molecule has 0 heterocycles. The predicted octanol–water partition coefficient (Wildman–Crippen LogP) is 2.64. The molecule has 1 aromatic carbocycles. The van der Waals surface area contributed by atoms with Crippen molar-refractivity contribution in [3.63, 3.8) is 0 Å². The van der Waals surface area contributed by atoms with E-state index in [9.17, 15) is 9.50 Å². The molecule has 1 rings (SSSR count). The highest BCUT2D eigenvalue weighted by atomic mass is 19.1. The van der Waals surface area contributed by atoms with Gasteiger partial charge >= 0.3 is 0 Å². The fourth-order valence-electron chi connectivity index (χ4n) is 1.23. The van der Waals surface area contributed by atoms with E-state index in [-0.39, 0.29) is 6.67 Å². The Morgan fingerprint density at radius 3 is 2.38 bits per heavy atom. The van der Waals surface area contributed by atoms with Gasteiger partial charge in [0.25, 0.3) is 0 Å². The maximum Gasteiger partial charge on any atom is 0.0897 e. The van der Waals surface area contributed by atoms with Crippen molar-refractivity contribution in [1.29, 1.82) is 0 Å². The van der Waals surface area contributed by atoms with E-state index in [1.165, 1.54) is 0 Å². The van der Waals surface area contributed by atoms with Gasteiger partial charge in [0, 0.05) is 0 Å². The minimum atomic E-state index is -0.421. The summed E-state index contributed by atoms with van der Waals surface area (Å²) in [5.41, 5.74) is 2.03. The van der Waals surface area contributed by atoms with Crippen LogP contribution in [0.25, 0.3) is 0 Å². The highest BCUT2D eigenvalue weighted by molar-refractivity contribution is 5.23. The number of alkyl halides is 1. The van der Waals surface area contributed by atoms with Crippen molar-refractivity contribution in [2.75, 3.05) is 6.67 Å². The van der Waals surface area contributed by atoms with Crippen LogP contribution >= 0.6 is 0 Å². The van der Waals surface area contributed by atoms with E-state index in [2.05, 4.69) is 0 Å². The minimum Gasteiger partial charge on any atom is -0.389 e. The summed E-state index contributed by atoms with van der Waals surface area (Å²) in [6.45, 7) is 1.47. The molecule has 1 aromatic rings. The van der Waals surface area contributed by atoms with Crippen molar-refractivity contribution in [3.05, 3.63) is 35.4 Å². The normalized spacial score (nSPS) is 12.8. The molecule has 0 saturated heterocycles. The van der Waals surface area contributed by atoms with Crippen LogP contribution < -0.4 is 0 Å². The van der Waals surface area contributed by atoms with Gasteiger partial charge in [-0.1, -0.05) is 24.3 Å². The van der Waals surface area contributed by atoms with Crippen LogP contribution in [0, 0.1) is 0 Å². The average molecular weight is 182 g/mol. The smallest absolute Gasteiger partial charge is 0.0897 e. The molecule has 0 aliphatic carbocycles. The first kappa shape index (κ1) is 10.2. The van der Waals surface area contributed by atoms with E-state index in [0.717, 1.165) is 17.5 Å². The molecule has 1 nitrogen and oxygen atoms in total. The number of rotatable bonds is 4. The third kappa shape index (κ3) is 3.15. The third-order valence-electron chi connectivity index (χ3n) is 2.06. The van der Waals surface area contributed by atoms with Crippen LogP contribution in [-0.4, -0.2) is 11.8 Å². The molecule has 72 valence electrons. The van der Waals surface area contributed by atoms with Crippen LogP contribution in [-0.2, 0) is 6.42 Å². The van der Waals surface area contributed by atoms with Gasteiger partial charge in [-0.25, -0.2) is 0 Å². The van der Waals surface area contributed by atoms with Crippen LogP contribution in [0.2, 0.25) is 0 Å². The first-order chi connectivity index (χ1) is 6.24. The maximum absolute atomic E-state index is 11.8. The number of benzene rings is 1. The largest absolute Gasteiger partial charge is 0.389 e. The summed E-state index contributed by atoms with van der Waals surface area (Å²) in [7, 11) is 0. The van der Waals surface area contributed by atoms with Crippen molar-refractivity contribution >= 4 is 0 Å². The first-order valence-corrected chi connectivity index (χ1v) is 4.57. The molecular formula is C11H15FO. The summed E-state index contributed by atoms with van der Waals surface area (Å²) in [5, 5.41) is 9.23. The van der Waals surface area contributed by atoms with Crippen molar-refractivity contribution in [3.8, 4) is 0 Å². The number of halogens is 1. The Kier molecular flexibility index (Phi) is 3.90. The molecule has 0 aromatic heterocycles. The monoisotopic (exact) mass is 182 g/mol. The van der Waals surface area contributed by atoms with Crippen LogP contribution in [0.3, 0.4) is 0 Å². The summed E-state index contributed by atoms with van der Waals surface area (Å²) in [6, 6.07) is 7.66. The van der Waals surface area contributed by atoms with Crippen LogP contribution in [0.1, 0.15) is 30.6 Å². The molecule has 0 spiro atoms. The molecule has 2 heteroatoms. The Morgan fingerprint density at radius 1 is 1.31 bits per heavy atom. The Morgan fingerprint density at radius 2 is 1.92 bits per heavy atom. The molecule has 0 aliphatic rings. The molecular weight excluding hydrogens is 167 g/mol. The van der Waals surface area contributed by atoms with Gasteiger partial charge in [-0.3, -0.25) is 4.39 Å². The van der Waals surface area contributed by atoms with Gasteiger partial charge in [-0.05, 0) is 30.9 Å². The highest BCUT2D eigenvalue weighted by Crippen LogP contribution is 2.13. The summed E-state index contributed by atoms with van der Waals surface area (Å²) in [4.78, 5) is 0. The summed E-state index contributed by atoms with van der Waals surface area (Å²) in [6.07, 6.45) is 0.931. The van der Waals surface area contributed by atoms with Crippen molar-refractivity contribution in [2.24, 2.45) is 0 Å². The Hall–Kier alpha value is -0.890. The van der Waals surface area contributed by atoms with Gasteiger partial charge in [0.2, 0.25) is 0 Å². The third-order valence-corrected chi connectivity index (χ3v) is 2.06. The molecule has 1 N–H and O–H groups in total. The number of hydrogen-bond acceptors (Lipinski definition) is 1. The minimum absolute atomic E-state index is 0.266. The summed E-state index contributed by atoms with van der Waals surface area (Å²) < 4.78 is 11.8. The molecule has 0 saturated carbocycles. The number of aliphatic hydroxyl groups excluding tert-OH is 1. The number of hydrogen-bond donors (Lipinski definition) is 1. The fourth-order valence-corrected chi connectivity index (χ4v) is 1.23. The number of aryl methyl sites for hydroxylation is 1. The predicted molar refractivity (Wildman–Crippen MR) is 51.4 cm³/mol. The van der Waals surface area contributed by atoms with Crippen LogP contribution in [0.5, 0.6) is 0 Å².